The lowest BCUT2D eigenvalue weighted by Gasteiger charge is -2.12. The highest BCUT2D eigenvalue weighted by Crippen LogP contribution is 2.25. The van der Waals surface area contributed by atoms with E-state index in [0.717, 1.165) is 15.8 Å². The van der Waals surface area contributed by atoms with Crippen LogP contribution in [0.5, 0.6) is 5.75 Å². The lowest BCUT2D eigenvalue weighted by Crippen LogP contribution is -2.34. The van der Waals surface area contributed by atoms with Gasteiger partial charge in [-0.1, -0.05) is 6.07 Å². The average Bonchev–Trinajstić information content (AvgIpc) is 2.35. The van der Waals surface area contributed by atoms with Gasteiger partial charge in [0.15, 0.2) is 0 Å². The SMILES string of the molecule is COC(=O)[C@@H](C)NCc1ccc(OC)c(Br)c1. The number of hydrogen-bond acceptors (Lipinski definition) is 4. The number of ether oxygens (including phenoxy) is 2. The van der Waals surface area contributed by atoms with E-state index in [1.54, 1.807) is 14.0 Å². The number of carbonyl (C=O) groups is 1. The Hall–Kier alpha value is -1.07. The van der Waals surface area contributed by atoms with Gasteiger partial charge in [-0.15, -0.1) is 0 Å². The molecule has 0 saturated carbocycles. The van der Waals surface area contributed by atoms with E-state index in [9.17, 15) is 4.79 Å². The molecule has 1 rings (SSSR count). The molecule has 0 heterocycles. The molecule has 1 N–H and O–H groups in total. The first-order valence-electron chi connectivity index (χ1n) is 5.22. The minimum absolute atomic E-state index is 0.266. The zero-order valence-corrected chi connectivity index (χ0v) is 11.7. The Morgan fingerprint density at radius 3 is 2.71 bits per heavy atom. The van der Waals surface area contributed by atoms with Crippen molar-refractivity contribution in [1.82, 2.24) is 5.32 Å². The first kappa shape index (κ1) is 14.0. The predicted octanol–water partition coefficient (Wildman–Crippen LogP) is 2.11. The molecule has 0 aliphatic heterocycles. The van der Waals surface area contributed by atoms with Crippen LogP contribution in [0.4, 0.5) is 0 Å². The van der Waals surface area contributed by atoms with Gasteiger partial charge in [0, 0.05) is 6.54 Å². The summed E-state index contributed by atoms with van der Waals surface area (Å²) in [4.78, 5) is 11.2. The molecular weight excluding hydrogens is 286 g/mol. The van der Waals surface area contributed by atoms with Crippen molar-refractivity contribution in [3.05, 3.63) is 28.2 Å². The van der Waals surface area contributed by atoms with Gasteiger partial charge in [-0.25, -0.2) is 0 Å². The van der Waals surface area contributed by atoms with E-state index >= 15 is 0 Å². The quantitative estimate of drug-likeness (QED) is 0.846. The third-order valence-corrected chi connectivity index (χ3v) is 3.00. The molecule has 17 heavy (non-hydrogen) atoms. The van der Waals surface area contributed by atoms with Crippen molar-refractivity contribution in [2.45, 2.75) is 19.5 Å². The number of halogens is 1. The maximum Gasteiger partial charge on any atom is 0.322 e. The van der Waals surface area contributed by atoms with E-state index in [2.05, 4.69) is 26.0 Å². The fourth-order valence-electron chi connectivity index (χ4n) is 1.35. The maximum absolute atomic E-state index is 11.2. The summed E-state index contributed by atoms with van der Waals surface area (Å²) in [6.07, 6.45) is 0. The van der Waals surface area contributed by atoms with Crippen LogP contribution in [0.25, 0.3) is 0 Å². The summed E-state index contributed by atoms with van der Waals surface area (Å²) < 4.78 is 10.7. The molecule has 5 heteroatoms. The van der Waals surface area contributed by atoms with Gasteiger partial charge in [0.25, 0.3) is 0 Å². The summed E-state index contributed by atoms with van der Waals surface area (Å²) in [7, 11) is 3.00. The summed E-state index contributed by atoms with van der Waals surface area (Å²) in [6, 6.07) is 5.46. The molecule has 0 fully saturated rings. The molecule has 0 amide bonds. The zero-order valence-electron chi connectivity index (χ0n) is 10.1. The lowest BCUT2D eigenvalue weighted by molar-refractivity contribution is -0.142. The molecule has 0 unspecified atom stereocenters. The molecule has 4 nitrogen and oxygen atoms in total. The van der Waals surface area contributed by atoms with Gasteiger partial charge in [-0.3, -0.25) is 4.79 Å². The van der Waals surface area contributed by atoms with Crippen LogP contribution in [-0.4, -0.2) is 26.2 Å². The minimum Gasteiger partial charge on any atom is -0.496 e. The smallest absolute Gasteiger partial charge is 0.322 e. The Morgan fingerprint density at radius 1 is 1.47 bits per heavy atom. The molecule has 0 aromatic heterocycles. The van der Waals surface area contributed by atoms with Crippen molar-refractivity contribution in [2.75, 3.05) is 14.2 Å². The maximum atomic E-state index is 11.2. The van der Waals surface area contributed by atoms with Crippen molar-refractivity contribution >= 4 is 21.9 Å². The number of rotatable bonds is 5. The Balaban J connectivity index is 2.58. The van der Waals surface area contributed by atoms with Gasteiger partial charge in [0.05, 0.1) is 18.7 Å². The van der Waals surface area contributed by atoms with Gasteiger partial charge in [0.2, 0.25) is 0 Å². The number of carbonyl (C=O) groups excluding carboxylic acids is 1. The van der Waals surface area contributed by atoms with Gasteiger partial charge in [-0.2, -0.15) is 0 Å². The molecule has 0 saturated heterocycles. The summed E-state index contributed by atoms with van der Waals surface area (Å²) in [5.41, 5.74) is 1.06. The number of esters is 1. The molecular formula is C12H16BrNO3. The highest BCUT2D eigenvalue weighted by atomic mass is 79.9. The van der Waals surface area contributed by atoms with Crippen LogP contribution in [-0.2, 0) is 16.1 Å². The third-order valence-electron chi connectivity index (χ3n) is 2.38. The summed E-state index contributed by atoms with van der Waals surface area (Å²) in [5, 5.41) is 3.08. The Bertz CT molecular complexity index is 395. The topological polar surface area (TPSA) is 47.6 Å². The van der Waals surface area contributed by atoms with E-state index < -0.39 is 0 Å². The van der Waals surface area contributed by atoms with E-state index in [1.807, 2.05) is 18.2 Å². The van der Waals surface area contributed by atoms with Crippen molar-refractivity contribution < 1.29 is 14.3 Å². The number of methoxy groups -OCH3 is 2. The zero-order chi connectivity index (χ0) is 12.8. The van der Waals surface area contributed by atoms with E-state index in [0.29, 0.717) is 6.54 Å². The largest absolute Gasteiger partial charge is 0.496 e. The molecule has 94 valence electrons. The van der Waals surface area contributed by atoms with Crippen LogP contribution >= 0.6 is 15.9 Å². The fourth-order valence-corrected chi connectivity index (χ4v) is 1.94. The number of benzene rings is 1. The predicted molar refractivity (Wildman–Crippen MR) is 69.0 cm³/mol. The van der Waals surface area contributed by atoms with Crippen molar-refractivity contribution in [1.29, 1.82) is 0 Å². The van der Waals surface area contributed by atoms with Crippen LogP contribution in [0.2, 0.25) is 0 Å². The van der Waals surface area contributed by atoms with E-state index in [-0.39, 0.29) is 12.0 Å². The van der Waals surface area contributed by atoms with Gasteiger partial charge >= 0.3 is 5.97 Å². The Kier molecular flexibility index (Phi) is 5.44. The van der Waals surface area contributed by atoms with Crippen LogP contribution in [0.15, 0.2) is 22.7 Å². The monoisotopic (exact) mass is 301 g/mol. The summed E-state index contributed by atoms with van der Waals surface area (Å²) >= 11 is 3.41. The molecule has 0 aliphatic carbocycles. The first-order valence-corrected chi connectivity index (χ1v) is 6.01. The highest BCUT2D eigenvalue weighted by Gasteiger charge is 2.11. The molecule has 1 atom stereocenters. The normalized spacial score (nSPS) is 12.0. The molecule has 1 aromatic rings. The second-order valence-electron chi connectivity index (χ2n) is 3.59. The Morgan fingerprint density at radius 2 is 2.18 bits per heavy atom. The summed E-state index contributed by atoms with van der Waals surface area (Å²) in [6.45, 7) is 2.36. The lowest BCUT2D eigenvalue weighted by atomic mass is 10.2. The molecule has 0 aliphatic rings. The van der Waals surface area contributed by atoms with Gasteiger partial charge < -0.3 is 14.8 Å². The molecule has 0 bridgehead atoms. The van der Waals surface area contributed by atoms with Crippen molar-refractivity contribution in [2.24, 2.45) is 0 Å². The molecule has 0 radical (unpaired) electrons. The van der Waals surface area contributed by atoms with Crippen molar-refractivity contribution in [3.8, 4) is 5.75 Å². The van der Waals surface area contributed by atoms with Crippen LogP contribution in [0.3, 0.4) is 0 Å². The minimum atomic E-state index is -0.319. The number of nitrogens with one attached hydrogen (secondary N) is 1. The number of hydrogen-bond donors (Lipinski definition) is 1. The molecule has 1 aromatic carbocycles. The summed E-state index contributed by atoms with van der Waals surface area (Å²) in [5.74, 6) is 0.521. The van der Waals surface area contributed by atoms with Crippen LogP contribution in [0, 0.1) is 0 Å². The molecule has 0 spiro atoms. The first-order chi connectivity index (χ1) is 8.08. The third kappa shape index (κ3) is 4.02. The van der Waals surface area contributed by atoms with Crippen molar-refractivity contribution in [3.63, 3.8) is 0 Å². The average molecular weight is 302 g/mol. The standard InChI is InChI=1S/C12H16BrNO3/c1-8(12(15)17-3)14-7-9-4-5-11(16-2)10(13)6-9/h4-6,8,14H,7H2,1-3H3/t8-/m1/s1. The van der Waals surface area contributed by atoms with E-state index in [4.69, 9.17) is 4.74 Å². The fraction of sp³-hybridized carbons (Fsp3) is 0.417. The van der Waals surface area contributed by atoms with Crippen LogP contribution < -0.4 is 10.1 Å². The second kappa shape index (κ2) is 6.61. The van der Waals surface area contributed by atoms with Gasteiger partial charge in [-0.05, 0) is 40.5 Å². The van der Waals surface area contributed by atoms with Gasteiger partial charge in [0.1, 0.15) is 11.8 Å². The van der Waals surface area contributed by atoms with E-state index in [1.165, 1.54) is 7.11 Å². The second-order valence-corrected chi connectivity index (χ2v) is 4.45. The Labute approximate surface area is 109 Å². The highest BCUT2D eigenvalue weighted by molar-refractivity contribution is 9.10. The van der Waals surface area contributed by atoms with Crippen LogP contribution in [0.1, 0.15) is 12.5 Å².